The molecule has 0 unspecified atom stereocenters. The predicted molar refractivity (Wildman–Crippen MR) is 108 cm³/mol. The van der Waals surface area contributed by atoms with Crippen LogP contribution in [0.1, 0.15) is 21.5 Å². The third-order valence-electron chi connectivity index (χ3n) is 4.26. The van der Waals surface area contributed by atoms with Crippen LogP contribution in [0.25, 0.3) is 5.69 Å². The van der Waals surface area contributed by atoms with Crippen LogP contribution in [0, 0.1) is 0 Å². The molecule has 0 fully saturated rings. The number of rotatable bonds is 8. The van der Waals surface area contributed by atoms with Crippen LogP contribution in [0.3, 0.4) is 0 Å². The van der Waals surface area contributed by atoms with Gasteiger partial charge in [-0.25, -0.2) is 4.68 Å². The maximum Gasteiger partial charge on any atom is 0.251 e. The minimum absolute atomic E-state index is 0.168. The fraction of sp³-hybridized carbons (Fsp3) is 0.136. The van der Waals surface area contributed by atoms with Gasteiger partial charge in [-0.3, -0.25) is 9.59 Å². The molecule has 0 aliphatic heterocycles. The second-order valence-electron chi connectivity index (χ2n) is 6.21. The average molecular weight is 374 g/mol. The fourth-order valence-corrected chi connectivity index (χ4v) is 2.78. The van der Waals surface area contributed by atoms with Crippen LogP contribution in [0.2, 0.25) is 0 Å². The summed E-state index contributed by atoms with van der Waals surface area (Å²) in [7, 11) is 0. The van der Waals surface area contributed by atoms with E-state index >= 15 is 0 Å². The van der Waals surface area contributed by atoms with Crippen LogP contribution < -0.4 is 10.6 Å². The van der Waals surface area contributed by atoms with Crippen LogP contribution >= 0.6 is 0 Å². The molecule has 3 aromatic rings. The zero-order valence-corrected chi connectivity index (χ0v) is 15.5. The van der Waals surface area contributed by atoms with Gasteiger partial charge in [-0.1, -0.05) is 43.0 Å². The van der Waals surface area contributed by atoms with Gasteiger partial charge in [0, 0.05) is 24.8 Å². The second-order valence-corrected chi connectivity index (χ2v) is 6.21. The van der Waals surface area contributed by atoms with E-state index in [2.05, 4.69) is 22.3 Å². The number of nitrogens with zero attached hydrogens (tertiary/aromatic N) is 2. The number of hydrogen-bond acceptors (Lipinski definition) is 3. The molecule has 2 N–H and O–H groups in total. The molecule has 1 aromatic heterocycles. The van der Waals surface area contributed by atoms with Gasteiger partial charge < -0.3 is 10.6 Å². The molecule has 6 nitrogen and oxygen atoms in total. The van der Waals surface area contributed by atoms with E-state index in [9.17, 15) is 9.59 Å². The summed E-state index contributed by atoms with van der Waals surface area (Å²) >= 11 is 0. The highest BCUT2D eigenvalue weighted by atomic mass is 16.2. The lowest BCUT2D eigenvalue weighted by Crippen LogP contribution is -2.28. The third-order valence-corrected chi connectivity index (χ3v) is 4.26. The highest BCUT2D eigenvalue weighted by Crippen LogP contribution is 2.10. The Labute approximate surface area is 163 Å². The summed E-state index contributed by atoms with van der Waals surface area (Å²) < 4.78 is 1.81. The molecule has 2 aromatic carbocycles. The zero-order valence-electron chi connectivity index (χ0n) is 15.5. The summed E-state index contributed by atoms with van der Waals surface area (Å²) in [6.07, 6.45) is 5.64. The van der Waals surface area contributed by atoms with Gasteiger partial charge in [-0.2, -0.15) is 5.10 Å². The summed E-state index contributed by atoms with van der Waals surface area (Å²) in [4.78, 5) is 23.9. The molecule has 0 radical (unpaired) electrons. The molecular weight excluding hydrogens is 352 g/mol. The molecule has 0 saturated heterocycles. The van der Waals surface area contributed by atoms with Gasteiger partial charge in [-0.05, 0) is 41.8 Å². The number of hydrogen-bond donors (Lipinski definition) is 2. The molecule has 3 rings (SSSR count). The third kappa shape index (κ3) is 4.94. The molecule has 0 saturated carbocycles. The lowest BCUT2D eigenvalue weighted by atomic mass is 10.1. The first-order valence-electron chi connectivity index (χ1n) is 9.02. The minimum Gasteiger partial charge on any atom is -0.352 e. The Morgan fingerprint density at radius 2 is 1.79 bits per heavy atom. The number of carbonyl (C=O) groups excluding carboxylic acids is 2. The van der Waals surface area contributed by atoms with E-state index in [1.54, 1.807) is 18.3 Å². The number of nitrogens with one attached hydrogen (secondary N) is 2. The van der Waals surface area contributed by atoms with Crippen molar-refractivity contribution in [3.8, 4) is 5.69 Å². The molecule has 2 amide bonds. The van der Waals surface area contributed by atoms with Crippen molar-refractivity contribution >= 4 is 11.8 Å². The summed E-state index contributed by atoms with van der Waals surface area (Å²) in [5.41, 5.74) is 3.34. The molecule has 28 heavy (non-hydrogen) atoms. The maximum absolute atomic E-state index is 12.5. The van der Waals surface area contributed by atoms with Crippen LogP contribution in [-0.4, -0.2) is 28.1 Å². The van der Waals surface area contributed by atoms with E-state index in [-0.39, 0.29) is 18.4 Å². The van der Waals surface area contributed by atoms with E-state index in [1.807, 2.05) is 53.3 Å². The largest absolute Gasteiger partial charge is 0.352 e. The standard InChI is InChI=1S/C22H22N4O2/c1-2-21(27)24-15-18-8-6-7-11-20(18)22(28)23-13-12-17-14-25-26(16-17)19-9-4-3-5-10-19/h2-11,14,16H,1,12-13,15H2,(H,23,28)(H,24,27). The fourth-order valence-electron chi connectivity index (χ4n) is 2.78. The van der Waals surface area contributed by atoms with Crippen molar-refractivity contribution < 1.29 is 9.59 Å². The predicted octanol–water partition coefficient (Wildman–Crippen LogP) is 2.65. The summed E-state index contributed by atoms with van der Waals surface area (Å²) in [5, 5.41) is 9.99. The van der Waals surface area contributed by atoms with Gasteiger partial charge in [0.2, 0.25) is 5.91 Å². The Bertz CT molecular complexity index is 963. The van der Waals surface area contributed by atoms with Gasteiger partial charge in [-0.15, -0.1) is 0 Å². The number of aromatic nitrogens is 2. The van der Waals surface area contributed by atoms with E-state index in [1.165, 1.54) is 6.08 Å². The van der Waals surface area contributed by atoms with Crippen LogP contribution in [0.4, 0.5) is 0 Å². The normalized spacial score (nSPS) is 10.3. The lowest BCUT2D eigenvalue weighted by Gasteiger charge is -2.10. The summed E-state index contributed by atoms with van der Waals surface area (Å²) in [5.74, 6) is -0.440. The number of benzene rings is 2. The molecule has 0 aliphatic carbocycles. The Morgan fingerprint density at radius 3 is 2.57 bits per heavy atom. The van der Waals surface area contributed by atoms with E-state index < -0.39 is 0 Å². The smallest absolute Gasteiger partial charge is 0.251 e. The highest BCUT2D eigenvalue weighted by Gasteiger charge is 2.11. The second kappa shape index (κ2) is 9.32. The molecule has 1 heterocycles. The van der Waals surface area contributed by atoms with Crippen molar-refractivity contribution in [1.82, 2.24) is 20.4 Å². The molecule has 0 spiro atoms. The van der Waals surface area contributed by atoms with Crippen molar-refractivity contribution in [3.63, 3.8) is 0 Å². The van der Waals surface area contributed by atoms with Gasteiger partial charge in [0.05, 0.1) is 11.9 Å². The molecular formula is C22H22N4O2. The van der Waals surface area contributed by atoms with Crippen LogP contribution in [0.15, 0.2) is 79.6 Å². The van der Waals surface area contributed by atoms with Gasteiger partial charge in [0.15, 0.2) is 0 Å². The first kappa shape index (κ1) is 19.1. The topological polar surface area (TPSA) is 76.0 Å². The first-order chi connectivity index (χ1) is 13.7. The van der Waals surface area contributed by atoms with Crippen LogP contribution in [0.5, 0.6) is 0 Å². The van der Waals surface area contributed by atoms with Gasteiger partial charge in [0.25, 0.3) is 5.91 Å². The van der Waals surface area contributed by atoms with Crippen molar-refractivity contribution in [2.45, 2.75) is 13.0 Å². The molecule has 0 bridgehead atoms. The first-order valence-corrected chi connectivity index (χ1v) is 9.02. The Kier molecular flexibility index (Phi) is 6.36. The van der Waals surface area contributed by atoms with E-state index in [0.29, 0.717) is 18.5 Å². The Balaban J connectivity index is 1.56. The maximum atomic E-state index is 12.5. The summed E-state index contributed by atoms with van der Waals surface area (Å²) in [6.45, 7) is 4.19. The summed E-state index contributed by atoms with van der Waals surface area (Å²) in [6, 6.07) is 17.1. The average Bonchev–Trinajstić information content (AvgIpc) is 3.21. The van der Waals surface area contributed by atoms with E-state index in [4.69, 9.17) is 0 Å². The molecule has 142 valence electrons. The molecule has 0 atom stereocenters. The highest BCUT2D eigenvalue weighted by molar-refractivity contribution is 5.96. The quantitative estimate of drug-likeness (QED) is 0.595. The Morgan fingerprint density at radius 1 is 1.04 bits per heavy atom. The monoisotopic (exact) mass is 374 g/mol. The molecule has 0 aliphatic rings. The van der Waals surface area contributed by atoms with Crippen molar-refractivity contribution in [2.24, 2.45) is 0 Å². The number of amides is 2. The zero-order chi connectivity index (χ0) is 19.8. The van der Waals surface area contributed by atoms with E-state index in [0.717, 1.165) is 16.8 Å². The van der Waals surface area contributed by atoms with Crippen molar-refractivity contribution in [1.29, 1.82) is 0 Å². The number of carbonyl (C=O) groups is 2. The minimum atomic E-state index is -0.273. The van der Waals surface area contributed by atoms with Crippen molar-refractivity contribution in [2.75, 3.05) is 6.54 Å². The lowest BCUT2D eigenvalue weighted by molar-refractivity contribution is -0.116. The van der Waals surface area contributed by atoms with Crippen molar-refractivity contribution in [3.05, 3.63) is 96.3 Å². The number of para-hydroxylation sites is 1. The molecule has 6 heteroatoms. The van der Waals surface area contributed by atoms with Gasteiger partial charge >= 0.3 is 0 Å². The SMILES string of the molecule is C=CC(=O)NCc1ccccc1C(=O)NCCc1cnn(-c2ccccc2)c1. The van der Waals surface area contributed by atoms with Crippen LogP contribution in [-0.2, 0) is 17.8 Å². The van der Waals surface area contributed by atoms with Gasteiger partial charge in [0.1, 0.15) is 0 Å². The Hall–Kier alpha value is -3.67.